The highest BCUT2D eigenvalue weighted by atomic mass is 16.5. The highest BCUT2D eigenvalue weighted by molar-refractivity contribution is 5.89. The lowest BCUT2D eigenvalue weighted by molar-refractivity contribution is -0.118. The van der Waals surface area contributed by atoms with E-state index < -0.39 is 0 Å². The number of benzene rings is 2. The molecular weight excluding hydrogens is 358 g/mol. The summed E-state index contributed by atoms with van der Waals surface area (Å²) in [6, 6.07) is 15.3. The molecule has 0 aliphatic carbocycles. The number of nitrogens with one attached hydrogen (secondary N) is 1. The molecule has 1 heterocycles. The molecule has 0 aliphatic rings. The topological polar surface area (TPSA) is 86.5 Å². The number of carbonyl (C=O) groups excluding carboxylic acids is 1. The van der Waals surface area contributed by atoms with Crippen molar-refractivity contribution in [2.24, 2.45) is 0 Å². The summed E-state index contributed by atoms with van der Waals surface area (Å²) in [6.45, 7) is 4.13. The number of nitrogens with zero attached hydrogens (tertiary/aromatic N) is 2. The van der Waals surface area contributed by atoms with Crippen LogP contribution < -0.4 is 14.8 Å². The first-order valence-electron chi connectivity index (χ1n) is 9.01. The largest absolute Gasteiger partial charge is 0.497 e. The second-order valence-corrected chi connectivity index (χ2v) is 6.59. The molecule has 146 valence electrons. The van der Waals surface area contributed by atoms with Crippen LogP contribution in [0.2, 0.25) is 0 Å². The molecule has 7 heteroatoms. The Hall–Kier alpha value is -3.35. The summed E-state index contributed by atoms with van der Waals surface area (Å²) in [5, 5.41) is 10.4. The predicted molar refractivity (Wildman–Crippen MR) is 105 cm³/mol. The predicted octanol–water partition coefficient (Wildman–Crippen LogP) is 3.81. The van der Waals surface area contributed by atoms with E-state index in [1.165, 1.54) is 5.56 Å². The number of ether oxygens (including phenoxy) is 2. The molecule has 0 saturated carbocycles. The van der Waals surface area contributed by atoms with Gasteiger partial charge in [0.25, 0.3) is 5.91 Å². The Morgan fingerprint density at radius 3 is 2.57 bits per heavy atom. The van der Waals surface area contributed by atoms with E-state index in [0.29, 0.717) is 29.7 Å². The van der Waals surface area contributed by atoms with Crippen molar-refractivity contribution in [3.05, 3.63) is 65.5 Å². The smallest absolute Gasteiger partial charge is 0.322 e. The number of methoxy groups -OCH3 is 1. The molecule has 0 spiro atoms. The molecule has 3 aromatic rings. The summed E-state index contributed by atoms with van der Waals surface area (Å²) in [4.78, 5) is 12.0. The molecule has 1 aromatic heterocycles. The maximum absolute atomic E-state index is 12.0. The molecule has 2 aromatic carbocycles. The first kappa shape index (κ1) is 19.4. The number of carbonyl (C=O) groups is 1. The normalized spacial score (nSPS) is 10.7. The summed E-state index contributed by atoms with van der Waals surface area (Å²) in [7, 11) is 1.57. The molecule has 0 atom stereocenters. The maximum Gasteiger partial charge on any atom is 0.322 e. The zero-order chi connectivity index (χ0) is 19.9. The van der Waals surface area contributed by atoms with Gasteiger partial charge in [0.05, 0.1) is 13.5 Å². The third-order valence-electron chi connectivity index (χ3n) is 4.13. The number of rotatable bonds is 8. The summed E-state index contributed by atoms with van der Waals surface area (Å²) in [5.74, 6) is 1.71. The van der Waals surface area contributed by atoms with Crippen LogP contribution in [-0.2, 0) is 11.2 Å². The van der Waals surface area contributed by atoms with Crippen LogP contribution in [0, 0.1) is 0 Å². The molecule has 1 N–H and O–H groups in total. The Morgan fingerprint density at radius 1 is 1.11 bits per heavy atom. The summed E-state index contributed by atoms with van der Waals surface area (Å²) in [6.07, 6.45) is 0.502. The second kappa shape index (κ2) is 9.03. The number of hydrogen-bond donors (Lipinski definition) is 1. The van der Waals surface area contributed by atoms with Gasteiger partial charge in [0.2, 0.25) is 5.89 Å². The Labute approximate surface area is 163 Å². The van der Waals surface area contributed by atoms with Gasteiger partial charge in [-0.25, -0.2) is 0 Å². The Morgan fingerprint density at radius 2 is 1.86 bits per heavy atom. The van der Waals surface area contributed by atoms with Crippen molar-refractivity contribution >= 4 is 11.9 Å². The van der Waals surface area contributed by atoms with Crippen LogP contribution in [0.25, 0.3) is 0 Å². The van der Waals surface area contributed by atoms with Gasteiger partial charge in [0.1, 0.15) is 11.5 Å². The van der Waals surface area contributed by atoms with Crippen LogP contribution in [0.4, 0.5) is 6.01 Å². The van der Waals surface area contributed by atoms with E-state index in [0.717, 1.165) is 5.56 Å². The van der Waals surface area contributed by atoms with Crippen molar-refractivity contribution in [2.75, 3.05) is 19.0 Å². The highest BCUT2D eigenvalue weighted by Crippen LogP contribution is 2.19. The third kappa shape index (κ3) is 5.33. The molecule has 0 aliphatic heterocycles. The van der Waals surface area contributed by atoms with Crippen LogP contribution in [-0.4, -0.2) is 29.8 Å². The van der Waals surface area contributed by atoms with Gasteiger partial charge in [-0.05, 0) is 29.2 Å². The third-order valence-corrected chi connectivity index (χ3v) is 4.13. The lowest BCUT2D eigenvalue weighted by Gasteiger charge is -2.06. The van der Waals surface area contributed by atoms with Crippen molar-refractivity contribution in [1.29, 1.82) is 0 Å². The number of aromatic nitrogens is 2. The summed E-state index contributed by atoms with van der Waals surface area (Å²) < 4.78 is 16.0. The zero-order valence-corrected chi connectivity index (χ0v) is 16.1. The Bertz CT molecular complexity index is 919. The first-order valence-corrected chi connectivity index (χ1v) is 9.01. The molecule has 0 fully saturated rings. The zero-order valence-electron chi connectivity index (χ0n) is 16.1. The maximum atomic E-state index is 12.0. The average molecular weight is 381 g/mol. The van der Waals surface area contributed by atoms with Crippen LogP contribution in [0.15, 0.2) is 52.9 Å². The minimum absolute atomic E-state index is 0.0491. The Kier molecular flexibility index (Phi) is 6.26. The van der Waals surface area contributed by atoms with Gasteiger partial charge >= 0.3 is 6.01 Å². The molecule has 1 amide bonds. The standard InChI is InChI=1S/C21H23N3O4/c1-14(2)16-9-7-15(8-10-16)11-20-23-24-21(28-20)22-19(25)13-27-18-6-4-5-17(12-18)26-3/h4-10,12,14H,11,13H2,1-3H3,(H,22,24,25). The van der Waals surface area contributed by atoms with Crippen molar-refractivity contribution in [3.8, 4) is 11.5 Å². The van der Waals surface area contributed by atoms with E-state index in [1.807, 2.05) is 12.1 Å². The highest BCUT2D eigenvalue weighted by Gasteiger charge is 2.11. The van der Waals surface area contributed by atoms with Crippen molar-refractivity contribution < 1.29 is 18.7 Å². The quantitative estimate of drug-likeness (QED) is 0.638. The lowest BCUT2D eigenvalue weighted by atomic mass is 10.0. The van der Waals surface area contributed by atoms with E-state index >= 15 is 0 Å². The fraction of sp³-hybridized carbons (Fsp3) is 0.286. The van der Waals surface area contributed by atoms with Gasteiger partial charge in [-0.15, -0.1) is 5.10 Å². The van der Waals surface area contributed by atoms with E-state index in [9.17, 15) is 4.79 Å². The minimum atomic E-state index is -0.390. The lowest BCUT2D eigenvalue weighted by Crippen LogP contribution is -2.20. The molecule has 7 nitrogen and oxygen atoms in total. The van der Waals surface area contributed by atoms with E-state index in [4.69, 9.17) is 13.9 Å². The SMILES string of the molecule is COc1cccc(OCC(=O)Nc2nnc(Cc3ccc(C(C)C)cc3)o2)c1. The minimum Gasteiger partial charge on any atom is -0.497 e. The van der Waals surface area contributed by atoms with Gasteiger partial charge < -0.3 is 13.9 Å². The molecule has 0 bridgehead atoms. The van der Waals surface area contributed by atoms with E-state index in [1.54, 1.807) is 31.4 Å². The fourth-order valence-electron chi connectivity index (χ4n) is 2.57. The van der Waals surface area contributed by atoms with Crippen LogP contribution in [0.1, 0.15) is 36.8 Å². The Balaban J connectivity index is 1.51. The molecule has 3 rings (SSSR count). The van der Waals surface area contributed by atoms with Crippen LogP contribution in [0.3, 0.4) is 0 Å². The van der Waals surface area contributed by atoms with E-state index in [2.05, 4.69) is 41.5 Å². The fourth-order valence-corrected chi connectivity index (χ4v) is 2.57. The molecule has 0 unspecified atom stereocenters. The number of anilines is 1. The van der Waals surface area contributed by atoms with Gasteiger partial charge in [-0.1, -0.05) is 49.3 Å². The molecule has 28 heavy (non-hydrogen) atoms. The van der Waals surface area contributed by atoms with Crippen LogP contribution in [0.5, 0.6) is 11.5 Å². The van der Waals surface area contributed by atoms with Gasteiger partial charge in [-0.2, -0.15) is 0 Å². The molecular formula is C21H23N3O4. The second-order valence-electron chi connectivity index (χ2n) is 6.59. The molecule has 0 radical (unpaired) electrons. The van der Waals surface area contributed by atoms with Crippen LogP contribution >= 0.6 is 0 Å². The molecule has 0 saturated heterocycles. The first-order chi connectivity index (χ1) is 13.5. The number of hydrogen-bond acceptors (Lipinski definition) is 6. The van der Waals surface area contributed by atoms with E-state index in [-0.39, 0.29) is 18.5 Å². The van der Waals surface area contributed by atoms with Gasteiger partial charge in [-0.3, -0.25) is 10.1 Å². The van der Waals surface area contributed by atoms with Crippen molar-refractivity contribution in [2.45, 2.75) is 26.2 Å². The van der Waals surface area contributed by atoms with Crippen molar-refractivity contribution in [3.63, 3.8) is 0 Å². The number of amides is 1. The monoisotopic (exact) mass is 381 g/mol. The average Bonchev–Trinajstić information content (AvgIpc) is 3.13. The summed E-state index contributed by atoms with van der Waals surface area (Å²) in [5.41, 5.74) is 2.34. The van der Waals surface area contributed by atoms with Gasteiger partial charge in [0.15, 0.2) is 6.61 Å². The van der Waals surface area contributed by atoms with Gasteiger partial charge in [0, 0.05) is 6.07 Å². The summed E-state index contributed by atoms with van der Waals surface area (Å²) >= 11 is 0. The van der Waals surface area contributed by atoms with Crippen molar-refractivity contribution in [1.82, 2.24) is 10.2 Å².